The van der Waals surface area contributed by atoms with Crippen molar-refractivity contribution in [3.63, 3.8) is 0 Å². The topological polar surface area (TPSA) is 101 Å². The first-order valence-corrected chi connectivity index (χ1v) is 9.02. The van der Waals surface area contributed by atoms with Gasteiger partial charge in [0.1, 0.15) is 0 Å². The van der Waals surface area contributed by atoms with Crippen LogP contribution in [0, 0.1) is 0 Å². The van der Waals surface area contributed by atoms with Crippen LogP contribution in [0.15, 0.2) is 29.2 Å². The molecule has 0 aliphatic carbocycles. The Morgan fingerprint density at radius 2 is 1.82 bits per heavy atom. The molecule has 0 saturated carbocycles. The Kier molecular flexibility index (Phi) is 6.99. The number of benzene rings is 1. The van der Waals surface area contributed by atoms with Crippen LogP contribution in [-0.2, 0) is 10.0 Å². The lowest BCUT2D eigenvalue weighted by molar-refractivity contribution is 0.0929. The normalized spacial score (nSPS) is 14.4. The lowest BCUT2D eigenvalue weighted by Gasteiger charge is -2.22. The van der Waals surface area contributed by atoms with E-state index >= 15 is 0 Å². The quantitative estimate of drug-likeness (QED) is 0.631. The molecule has 0 bridgehead atoms. The third-order valence-electron chi connectivity index (χ3n) is 3.41. The van der Waals surface area contributed by atoms with Crippen molar-refractivity contribution in [3.8, 4) is 0 Å². The van der Waals surface area contributed by atoms with Gasteiger partial charge in [-0.3, -0.25) is 10.1 Å². The van der Waals surface area contributed by atoms with E-state index < -0.39 is 10.0 Å². The molecule has 0 aliphatic rings. The van der Waals surface area contributed by atoms with E-state index in [-0.39, 0.29) is 17.0 Å². The van der Waals surface area contributed by atoms with Crippen molar-refractivity contribution in [1.82, 2.24) is 10.6 Å². The van der Waals surface area contributed by atoms with Gasteiger partial charge < -0.3 is 5.32 Å². The predicted molar refractivity (Wildman–Crippen MR) is 86.9 cm³/mol. The fraction of sp³-hybridized carbons (Fsp3) is 0.533. The van der Waals surface area contributed by atoms with Crippen LogP contribution in [0.3, 0.4) is 0 Å². The van der Waals surface area contributed by atoms with Crippen molar-refractivity contribution in [2.24, 2.45) is 5.14 Å². The Morgan fingerprint density at radius 1 is 1.23 bits per heavy atom. The molecule has 2 unspecified atom stereocenters. The summed E-state index contributed by atoms with van der Waals surface area (Å²) in [6.45, 7) is 6.11. The van der Waals surface area contributed by atoms with E-state index in [4.69, 9.17) is 5.14 Å². The molecule has 0 saturated heterocycles. The SMILES string of the molecule is CCCC(CC)NC(C)NC(=O)c1ccc(S(N)(=O)=O)cc1. The summed E-state index contributed by atoms with van der Waals surface area (Å²) in [5, 5.41) is 11.2. The molecule has 1 aromatic carbocycles. The average molecular weight is 327 g/mol. The van der Waals surface area contributed by atoms with E-state index in [1.54, 1.807) is 0 Å². The highest BCUT2D eigenvalue weighted by molar-refractivity contribution is 7.89. The zero-order valence-electron chi connectivity index (χ0n) is 13.3. The first kappa shape index (κ1) is 18.6. The molecule has 0 spiro atoms. The number of amides is 1. The maximum Gasteiger partial charge on any atom is 0.252 e. The molecular weight excluding hydrogens is 302 g/mol. The van der Waals surface area contributed by atoms with Crippen molar-refractivity contribution in [2.45, 2.75) is 57.1 Å². The molecule has 22 heavy (non-hydrogen) atoms. The van der Waals surface area contributed by atoms with Gasteiger partial charge in [0.2, 0.25) is 10.0 Å². The van der Waals surface area contributed by atoms with Gasteiger partial charge >= 0.3 is 0 Å². The minimum atomic E-state index is -3.74. The Balaban J connectivity index is 2.65. The van der Waals surface area contributed by atoms with Gasteiger partial charge in [0.05, 0.1) is 11.1 Å². The summed E-state index contributed by atoms with van der Waals surface area (Å²) in [4.78, 5) is 12.1. The zero-order valence-corrected chi connectivity index (χ0v) is 14.1. The molecule has 1 aromatic rings. The number of hydrogen-bond donors (Lipinski definition) is 3. The maximum absolute atomic E-state index is 12.1. The van der Waals surface area contributed by atoms with Crippen LogP contribution in [0.1, 0.15) is 50.4 Å². The molecule has 124 valence electrons. The number of primary sulfonamides is 1. The number of rotatable bonds is 8. The van der Waals surface area contributed by atoms with Crippen LogP contribution >= 0.6 is 0 Å². The molecule has 2 atom stereocenters. The molecule has 7 heteroatoms. The second-order valence-corrected chi connectivity index (χ2v) is 6.89. The summed E-state index contributed by atoms with van der Waals surface area (Å²) < 4.78 is 22.3. The molecule has 6 nitrogen and oxygen atoms in total. The fourth-order valence-electron chi connectivity index (χ4n) is 2.22. The highest BCUT2D eigenvalue weighted by atomic mass is 32.2. The van der Waals surface area contributed by atoms with Gasteiger partial charge in [-0.15, -0.1) is 0 Å². The number of sulfonamides is 1. The average Bonchev–Trinajstić information content (AvgIpc) is 2.45. The number of carbonyl (C=O) groups excluding carboxylic acids is 1. The summed E-state index contributed by atoms with van der Waals surface area (Å²) >= 11 is 0. The van der Waals surface area contributed by atoms with Gasteiger partial charge in [0, 0.05) is 11.6 Å². The first-order chi connectivity index (χ1) is 10.3. The lowest BCUT2D eigenvalue weighted by Crippen LogP contribution is -2.47. The van der Waals surface area contributed by atoms with E-state index in [2.05, 4.69) is 24.5 Å². The van der Waals surface area contributed by atoms with E-state index in [1.807, 2.05) is 6.92 Å². The molecule has 1 amide bonds. The molecule has 0 radical (unpaired) electrons. The van der Waals surface area contributed by atoms with Crippen LogP contribution in [0.25, 0.3) is 0 Å². The number of hydrogen-bond acceptors (Lipinski definition) is 4. The van der Waals surface area contributed by atoms with Crippen LogP contribution in [0.5, 0.6) is 0 Å². The number of nitrogens with two attached hydrogens (primary N) is 1. The van der Waals surface area contributed by atoms with Gasteiger partial charge in [-0.25, -0.2) is 13.6 Å². The van der Waals surface area contributed by atoms with Crippen LogP contribution in [0.4, 0.5) is 0 Å². The maximum atomic E-state index is 12.1. The van der Waals surface area contributed by atoms with Crippen molar-refractivity contribution >= 4 is 15.9 Å². The number of carbonyl (C=O) groups is 1. The Labute approximate surface area is 132 Å². The van der Waals surface area contributed by atoms with Crippen LogP contribution < -0.4 is 15.8 Å². The third kappa shape index (κ3) is 5.75. The fourth-order valence-corrected chi connectivity index (χ4v) is 2.74. The molecule has 4 N–H and O–H groups in total. The second-order valence-electron chi connectivity index (χ2n) is 5.33. The molecule has 0 aromatic heterocycles. The summed E-state index contributed by atoms with van der Waals surface area (Å²) in [6, 6.07) is 5.92. The largest absolute Gasteiger partial charge is 0.337 e. The summed E-state index contributed by atoms with van der Waals surface area (Å²) in [6.07, 6.45) is 2.97. The lowest BCUT2D eigenvalue weighted by atomic mass is 10.1. The monoisotopic (exact) mass is 327 g/mol. The van der Waals surface area contributed by atoms with Crippen LogP contribution in [0.2, 0.25) is 0 Å². The molecule has 0 heterocycles. The summed E-state index contributed by atoms with van der Waals surface area (Å²) in [5.74, 6) is -0.257. The van der Waals surface area contributed by atoms with Gasteiger partial charge in [0.25, 0.3) is 5.91 Å². The van der Waals surface area contributed by atoms with Gasteiger partial charge in [-0.1, -0.05) is 20.3 Å². The van der Waals surface area contributed by atoms with E-state index in [0.29, 0.717) is 11.6 Å². The van der Waals surface area contributed by atoms with Crippen molar-refractivity contribution in [2.75, 3.05) is 0 Å². The first-order valence-electron chi connectivity index (χ1n) is 7.47. The van der Waals surface area contributed by atoms with Crippen molar-refractivity contribution in [1.29, 1.82) is 0 Å². The van der Waals surface area contributed by atoms with Gasteiger partial charge in [-0.05, 0) is 44.0 Å². The minimum Gasteiger partial charge on any atom is -0.337 e. The third-order valence-corrected chi connectivity index (χ3v) is 4.34. The van der Waals surface area contributed by atoms with Crippen molar-refractivity contribution in [3.05, 3.63) is 29.8 Å². The summed E-state index contributed by atoms with van der Waals surface area (Å²) in [5.41, 5.74) is 0.393. The van der Waals surface area contributed by atoms with Crippen molar-refractivity contribution < 1.29 is 13.2 Å². The molecule has 0 aliphatic heterocycles. The van der Waals surface area contributed by atoms with E-state index in [1.165, 1.54) is 24.3 Å². The highest BCUT2D eigenvalue weighted by Crippen LogP contribution is 2.09. The highest BCUT2D eigenvalue weighted by Gasteiger charge is 2.14. The Bertz CT molecular complexity index is 585. The van der Waals surface area contributed by atoms with Gasteiger partial charge in [-0.2, -0.15) is 0 Å². The predicted octanol–water partition coefficient (Wildman–Crippen LogP) is 1.58. The smallest absolute Gasteiger partial charge is 0.252 e. The van der Waals surface area contributed by atoms with Gasteiger partial charge in [0.15, 0.2) is 0 Å². The molecular formula is C15H25N3O3S. The molecule has 1 rings (SSSR count). The number of nitrogens with one attached hydrogen (secondary N) is 2. The van der Waals surface area contributed by atoms with E-state index in [9.17, 15) is 13.2 Å². The zero-order chi connectivity index (χ0) is 16.8. The Morgan fingerprint density at radius 3 is 2.27 bits per heavy atom. The van der Waals surface area contributed by atoms with E-state index in [0.717, 1.165) is 19.3 Å². The van der Waals surface area contributed by atoms with Crippen LogP contribution in [-0.4, -0.2) is 26.5 Å². The minimum absolute atomic E-state index is 0.00998. The second kappa shape index (κ2) is 8.26. The summed E-state index contributed by atoms with van der Waals surface area (Å²) in [7, 11) is -3.74. The Hall–Kier alpha value is -1.44. The molecule has 0 fully saturated rings. The standard InChI is InChI=1S/C15H25N3O3S/c1-4-6-13(5-2)17-11(3)18-15(19)12-7-9-14(10-8-12)22(16,20)21/h7-11,13,17H,4-6H2,1-3H3,(H,18,19)(H2,16,20,21).